The molecule has 1 aromatic heterocycles. The maximum atomic E-state index is 12.6. The van der Waals surface area contributed by atoms with Crippen LogP contribution in [-0.2, 0) is 9.53 Å². The summed E-state index contributed by atoms with van der Waals surface area (Å²) in [5, 5.41) is 4.15. The minimum atomic E-state index is -0.862. The average molecular weight is 391 g/mol. The summed E-state index contributed by atoms with van der Waals surface area (Å²) in [6.45, 7) is 11.3. The molecule has 0 fully saturated rings. The molecule has 5 heteroatoms. The molecule has 1 heterocycles. The normalized spacial score (nSPS) is 12.3. The van der Waals surface area contributed by atoms with E-state index in [1.807, 2.05) is 49.4 Å². The molecule has 0 bridgehead atoms. The second kappa shape index (κ2) is 8.35. The number of ether oxygens (including phenoxy) is 2. The van der Waals surface area contributed by atoms with E-state index in [1.54, 1.807) is 39.0 Å². The van der Waals surface area contributed by atoms with Gasteiger partial charge in [0.25, 0.3) is 0 Å². The SMILES string of the molecule is C=C(C(=O)OC(C)(C)C)C(Oc1ccccc1)c1cc(-c2ccc(C)cc2)no1. The first-order chi connectivity index (χ1) is 13.7. The number of para-hydroxylation sites is 1. The highest BCUT2D eigenvalue weighted by Gasteiger charge is 2.30. The minimum absolute atomic E-state index is 0.135. The molecule has 0 aliphatic heterocycles. The third-order valence-electron chi connectivity index (χ3n) is 4.11. The van der Waals surface area contributed by atoms with Gasteiger partial charge in [-0.05, 0) is 39.8 Å². The lowest BCUT2D eigenvalue weighted by atomic mass is 10.1. The monoisotopic (exact) mass is 391 g/mol. The number of rotatable bonds is 6. The van der Waals surface area contributed by atoms with Crippen LogP contribution in [0.4, 0.5) is 0 Å². The Labute approximate surface area is 170 Å². The molecule has 0 amide bonds. The molecular formula is C24H25NO4. The van der Waals surface area contributed by atoms with E-state index in [-0.39, 0.29) is 5.57 Å². The van der Waals surface area contributed by atoms with Gasteiger partial charge in [-0.2, -0.15) is 0 Å². The molecule has 0 N–H and O–H groups in total. The predicted molar refractivity (Wildman–Crippen MR) is 111 cm³/mol. The van der Waals surface area contributed by atoms with E-state index in [1.165, 1.54) is 0 Å². The van der Waals surface area contributed by atoms with Gasteiger partial charge in [-0.1, -0.05) is 59.8 Å². The van der Waals surface area contributed by atoms with Crippen molar-refractivity contribution in [3.8, 4) is 17.0 Å². The van der Waals surface area contributed by atoms with Gasteiger partial charge in [0, 0.05) is 11.6 Å². The number of benzene rings is 2. The average Bonchev–Trinajstić information content (AvgIpc) is 3.15. The summed E-state index contributed by atoms with van der Waals surface area (Å²) in [7, 11) is 0. The van der Waals surface area contributed by atoms with Crippen LogP contribution in [0.25, 0.3) is 11.3 Å². The molecule has 150 valence electrons. The van der Waals surface area contributed by atoms with Crippen LogP contribution in [0.15, 0.2) is 77.3 Å². The smallest absolute Gasteiger partial charge is 0.338 e. The number of aryl methyl sites for hydroxylation is 1. The lowest BCUT2D eigenvalue weighted by molar-refractivity contribution is -0.151. The first-order valence-electron chi connectivity index (χ1n) is 9.40. The lowest BCUT2D eigenvalue weighted by Crippen LogP contribution is -2.27. The molecular weight excluding hydrogens is 366 g/mol. The van der Waals surface area contributed by atoms with Crippen LogP contribution in [0, 0.1) is 6.92 Å². The number of nitrogens with zero attached hydrogens (tertiary/aromatic N) is 1. The summed E-state index contributed by atoms with van der Waals surface area (Å²) >= 11 is 0. The third-order valence-corrected chi connectivity index (χ3v) is 4.11. The standard InChI is InChI=1S/C24H25NO4/c1-16-11-13-18(14-12-16)20-15-21(29-25-20)22(27-19-9-7-6-8-10-19)17(2)23(26)28-24(3,4)5/h6-15,22H,2H2,1,3-5H3. The molecule has 1 atom stereocenters. The summed E-state index contributed by atoms with van der Waals surface area (Å²) in [4.78, 5) is 12.6. The highest BCUT2D eigenvalue weighted by atomic mass is 16.6. The van der Waals surface area contributed by atoms with Crippen LogP contribution in [-0.4, -0.2) is 16.7 Å². The lowest BCUT2D eigenvalue weighted by Gasteiger charge is -2.23. The quantitative estimate of drug-likeness (QED) is 0.400. The largest absolute Gasteiger partial charge is 0.477 e. The molecule has 2 aromatic carbocycles. The fourth-order valence-corrected chi connectivity index (χ4v) is 2.66. The summed E-state index contributed by atoms with van der Waals surface area (Å²) in [5.41, 5.74) is 2.20. The molecule has 0 aliphatic rings. The van der Waals surface area contributed by atoms with E-state index in [9.17, 15) is 4.79 Å². The molecule has 0 saturated heterocycles. The zero-order valence-electron chi connectivity index (χ0n) is 17.1. The topological polar surface area (TPSA) is 61.6 Å². The number of aromatic nitrogens is 1. The fraction of sp³-hybridized carbons (Fsp3) is 0.250. The van der Waals surface area contributed by atoms with E-state index in [0.29, 0.717) is 17.2 Å². The zero-order chi connectivity index (χ0) is 21.0. The first kappa shape index (κ1) is 20.4. The highest BCUT2D eigenvalue weighted by Crippen LogP contribution is 2.32. The summed E-state index contributed by atoms with van der Waals surface area (Å²) < 4.78 is 17.0. The van der Waals surface area contributed by atoms with E-state index in [0.717, 1.165) is 11.1 Å². The molecule has 0 saturated carbocycles. The summed E-state index contributed by atoms with van der Waals surface area (Å²) in [6, 6.07) is 18.9. The van der Waals surface area contributed by atoms with Crippen molar-refractivity contribution >= 4 is 5.97 Å². The Bertz CT molecular complexity index is 982. The Hall–Kier alpha value is -3.34. The van der Waals surface area contributed by atoms with Gasteiger partial charge in [-0.25, -0.2) is 4.79 Å². The van der Waals surface area contributed by atoms with Gasteiger partial charge in [0.05, 0.1) is 5.57 Å². The Balaban J connectivity index is 1.91. The Morgan fingerprint density at radius 2 is 1.72 bits per heavy atom. The van der Waals surface area contributed by atoms with Gasteiger partial charge in [-0.15, -0.1) is 0 Å². The number of carbonyl (C=O) groups excluding carboxylic acids is 1. The molecule has 3 rings (SSSR count). The van der Waals surface area contributed by atoms with Crippen molar-refractivity contribution in [2.75, 3.05) is 0 Å². The Kier molecular flexibility index (Phi) is 5.87. The van der Waals surface area contributed by atoms with Crippen molar-refractivity contribution in [2.45, 2.75) is 39.4 Å². The maximum absolute atomic E-state index is 12.6. The Morgan fingerprint density at radius 3 is 2.34 bits per heavy atom. The minimum Gasteiger partial charge on any atom is -0.477 e. The molecule has 0 radical (unpaired) electrons. The van der Waals surface area contributed by atoms with Crippen LogP contribution in [0.5, 0.6) is 5.75 Å². The van der Waals surface area contributed by atoms with E-state index in [2.05, 4.69) is 11.7 Å². The third kappa shape index (κ3) is 5.35. The Morgan fingerprint density at radius 1 is 1.07 bits per heavy atom. The number of hydrogen-bond acceptors (Lipinski definition) is 5. The van der Waals surface area contributed by atoms with E-state index < -0.39 is 17.7 Å². The van der Waals surface area contributed by atoms with Crippen molar-refractivity contribution in [2.24, 2.45) is 0 Å². The first-order valence-corrected chi connectivity index (χ1v) is 9.40. The van der Waals surface area contributed by atoms with Gasteiger partial charge in [0.1, 0.15) is 17.0 Å². The fourth-order valence-electron chi connectivity index (χ4n) is 2.66. The number of carbonyl (C=O) groups is 1. The molecule has 0 spiro atoms. The molecule has 0 aliphatic carbocycles. The summed E-state index contributed by atoms with van der Waals surface area (Å²) in [6.07, 6.45) is -0.862. The van der Waals surface area contributed by atoms with Crippen LogP contribution >= 0.6 is 0 Å². The summed E-state index contributed by atoms with van der Waals surface area (Å²) in [5.74, 6) is 0.405. The van der Waals surface area contributed by atoms with Gasteiger partial charge in [0.15, 0.2) is 11.9 Å². The van der Waals surface area contributed by atoms with Gasteiger partial charge in [-0.3, -0.25) is 0 Å². The highest BCUT2D eigenvalue weighted by molar-refractivity contribution is 5.89. The number of hydrogen-bond donors (Lipinski definition) is 0. The maximum Gasteiger partial charge on any atom is 0.338 e. The molecule has 5 nitrogen and oxygen atoms in total. The molecule has 29 heavy (non-hydrogen) atoms. The van der Waals surface area contributed by atoms with Gasteiger partial charge < -0.3 is 14.0 Å². The zero-order valence-corrected chi connectivity index (χ0v) is 17.1. The predicted octanol–water partition coefficient (Wildman–Crippen LogP) is 5.67. The van der Waals surface area contributed by atoms with Gasteiger partial charge in [0.2, 0.25) is 0 Å². The van der Waals surface area contributed by atoms with Crippen LogP contribution in [0.1, 0.15) is 38.2 Å². The van der Waals surface area contributed by atoms with Gasteiger partial charge >= 0.3 is 5.97 Å². The molecule has 3 aromatic rings. The van der Waals surface area contributed by atoms with Crippen LogP contribution in [0.3, 0.4) is 0 Å². The second-order valence-corrected chi connectivity index (χ2v) is 7.82. The number of esters is 1. The van der Waals surface area contributed by atoms with Crippen LogP contribution < -0.4 is 4.74 Å². The molecule has 1 unspecified atom stereocenters. The van der Waals surface area contributed by atoms with Crippen molar-refractivity contribution in [3.63, 3.8) is 0 Å². The van der Waals surface area contributed by atoms with Crippen LogP contribution in [0.2, 0.25) is 0 Å². The second-order valence-electron chi connectivity index (χ2n) is 7.82. The van der Waals surface area contributed by atoms with Crippen molar-refractivity contribution in [1.29, 1.82) is 0 Å². The van der Waals surface area contributed by atoms with E-state index >= 15 is 0 Å². The van der Waals surface area contributed by atoms with Crippen molar-refractivity contribution < 1.29 is 18.8 Å². The van der Waals surface area contributed by atoms with Crippen molar-refractivity contribution in [1.82, 2.24) is 5.16 Å². The van der Waals surface area contributed by atoms with Crippen molar-refractivity contribution in [3.05, 3.63) is 84.1 Å². The van der Waals surface area contributed by atoms with E-state index in [4.69, 9.17) is 14.0 Å².